The summed E-state index contributed by atoms with van der Waals surface area (Å²) in [7, 11) is -3.45. The number of hydrogen-bond donors (Lipinski definition) is 1. The third-order valence-corrected chi connectivity index (χ3v) is 7.48. The highest BCUT2D eigenvalue weighted by atomic mass is 35.5. The molecule has 2 N–H and O–H groups in total. The molecule has 0 aliphatic carbocycles. The van der Waals surface area contributed by atoms with Crippen molar-refractivity contribution in [1.29, 1.82) is 0 Å². The summed E-state index contributed by atoms with van der Waals surface area (Å²) >= 11 is 0. The van der Waals surface area contributed by atoms with Crippen LogP contribution in [-0.2, 0) is 10.0 Å². The molecular formula is C17H29ClN2O2S. The first-order valence-corrected chi connectivity index (χ1v) is 9.43. The predicted octanol–water partition coefficient (Wildman–Crippen LogP) is 3.01. The molecule has 0 aromatic heterocycles. The summed E-state index contributed by atoms with van der Waals surface area (Å²) in [6.45, 7) is 11.6. The van der Waals surface area contributed by atoms with Crippen LogP contribution in [0.5, 0.6) is 0 Å². The van der Waals surface area contributed by atoms with Gasteiger partial charge in [0.2, 0.25) is 10.0 Å². The fourth-order valence-electron chi connectivity index (χ4n) is 3.42. The molecule has 1 aliphatic rings. The average Bonchev–Trinajstić information content (AvgIpc) is 2.51. The van der Waals surface area contributed by atoms with Crippen molar-refractivity contribution in [3.8, 4) is 0 Å². The predicted molar refractivity (Wildman–Crippen MR) is 97.9 cm³/mol. The second-order valence-corrected chi connectivity index (χ2v) is 8.44. The van der Waals surface area contributed by atoms with E-state index < -0.39 is 10.0 Å². The van der Waals surface area contributed by atoms with E-state index in [2.05, 4.69) is 6.92 Å². The number of rotatable bonds is 3. The molecule has 1 unspecified atom stereocenters. The lowest BCUT2D eigenvalue weighted by atomic mass is 9.95. The van der Waals surface area contributed by atoms with Crippen LogP contribution in [0.15, 0.2) is 4.90 Å². The topological polar surface area (TPSA) is 63.4 Å². The van der Waals surface area contributed by atoms with Crippen molar-refractivity contribution in [3.63, 3.8) is 0 Å². The fourth-order valence-corrected chi connectivity index (χ4v) is 5.53. The molecule has 1 aromatic carbocycles. The van der Waals surface area contributed by atoms with E-state index >= 15 is 0 Å². The van der Waals surface area contributed by atoms with Gasteiger partial charge in [0, 0.05) is 13.1 Å². The molecule has 1 fully saturated rings. The molecule has 132 valence electrons. The van der Waals surface area contributed by atoms with Gasteiger partial charge >= 0.3 is 0 Å². The van der Waals surface area contributed by atoms with Gasteiger partial charge in [-0.3, -0.25) is 0 Å². The zero-order valence-electron chi connectivity index (χ0n) is 14.8. The molecule has 0 amide bonds. The molecule has 0 spiro atoms. The molecule has 1 aromatic rings. The van der Waals surface area contributed by atoms with Crippen molar-refractivity contribution >= 4 is 22.4 Å². The fraction of sp³-hybridized carbons (Fsp3) is 0.647. The van der Waals surface area contributed by atoms with Crippen LogP contribution < -0.4 is 5.73 Å². The van der Waals surface area contributed by atoms with Gasteiger partial charge in [-0.25, -0.2) is 8.42 Å². The summed E-state index contributed by atoms with van der Waals surface area (Å²) in [6, 6.07) is 0. The van der Waals surface area contributed by atoms with E-state index in [1.807, 2.05) is 27.7 Å². The van der Waals surface area contributed by atoms with E-state index in [-0.39, 0.29) is 18.3 Å². The lowest BCUT2D eigenvalue weighted by Gasteiger charge is -2.32. The Kier molecular flexibility index (Phi) is 6.67. The highest BCUT2D eigenvalue weighted by molar-refractivity contribution is 7.89. The smallest absolute Gasteiger partial charge is 0.243 e. The van der Waals surface area contributed by atoms with Crippen molar-refractivity contribution in [3.05, 3.63) is 27.8 Å². The second kappa shape index (κ2) is 7.51. The van der Waals surface area contributed by atoms with Crippen molar-refractivity contribution in [1.82, 2.24) is 4.31 Å². The van der Waals surface area contributed by atoms with Crippen LogP contribution >= 0.6 is 12.4 Å². The van der Waals surface area contributed by atoms with Crippen LogP contribution in [0.4, 0.5) is 0 Å². The number of sulfonamides is 1. The van der Waals surface area contributed by atoms with Crippen molar-refractivity contribution < 1.29 is 8.42 Å². The molecule has 4 nitrogen and oxygen atoms in total. The van der Waals surface area contributed by atoms with Crippen LogP contribution in [0.3, 0.4) is 0 Å². The molecule has 0 radical (unpaired) electrons. The first-order chi connectivity index (χ1) is 10.2. The summed E-state index contributed by atoms with van der Waals surface area (Å²) < 4.78 is 28.0. The van der Waals surface area contributed by atoms with Crippen molar-refractivity contribution in [2.75, 3.05) is 19.6 Å². The van der Waals surface area contributed by atoms with Crippen LogP contribution in [-0.4, -0.2) is 32.4 Å². The molecular weight excluding hydrogens is 332 g/mol. The summed E-state index contributed by atoms with van der Waals surface area (Å²) in [6.07, 6.45) is 1.91. The van der Waals surface area contributed by atoms with E-state index in [0.29, 0.717) is 24.5 Å². The summed E-state index contributed by atoms with van der Waals surface area (Å²) in [5, 5.41) is 0. The van der Waals surface area contributed by atoms with E-state index in [9.17, 15) is 8.42 Å². The van der Waals surface area contributed by atoms with E-state index in [1.54, 1.807) is 4.31 Å². The Hall–Kier alpha value is -0.620. The molecule has 1 saturated heterocycles. The SMILES string of the molecule is Cc1c(C)c(C)c(S(=O)(=O)N2CCCC(CN)C2)c(C)c1C.Cl. The second-order valence-electron chi connectivity index (χ2n) is 6.56. The molecule has 23 heavy (non-hydrogen) atoms. The van der Waals surface area contributed by atoms with Gasteiger partial charge in [0.1, 0.15) is 0 Å². The van der Waals surface area contributed by atoms with Crippen molar-refractivity contribution in [2.24, 2.45) is 11.7 Å². The molecule has 1 heterocycles. The lowest BCUT2D eigenvalue weighted by molar-refractivity contribution is 0.271. The quantitative estimate of drug-likeness (QED) is 0.901. The van der Waals surface area contributed by atoms with E-state index in [0.717, 1.165) is 35.1 Å². The van der Waals surface area contributed by atoms with Gasteiger partial charge in [-0.05, 0) is 87.7 Å². The first kappa shape index (κ1) is 20.4. The minimum Gasteiger partial charge on any atom is -0.330 e. The summed E-state index contributed by atoms with van der Waals surface area (Å²) in [5.41, 5.74) is 10.9. The third-order valence-electron chi connectivity index (χ3n) is 5.34. The molecule has 0 bridgehead atoms. The first-order valence-electron chi connectivity index (χ1n) is 7.99. The monoisotopic (exact) mass is 360 g/mol. The maximum Gasteiger partial charge on any atom is 0.243 e. The maximum absolute atomic E-state index is 13.2. The standard InChI is InChI=1S/C17H28N2O2S.ClH/c1-11-12(2)14(4)17(15(5)13(11)3)22(20,21)19-8-6-7-16(9-18)10-19;/h16H,6-10,18H2,1-5H3;1H. The van der Waals surface area contributed by atoms with E-state index in [1.165, 1.54) is 5.56 Å². The van der Waals surface area contributed by atoms with Gasteiger partial charge < -0.3 is 5.73 Å². The largest absolute Gasteiger partial charge is 0.330 e. The highest BCUT2D eigenvalue weighted by Crippen LogP contribution is 2.33. The number of benzene rings is 1. The Bertz CT molecular complexity index is 657. The highest BCUT2D eigenvalue weighted by Gasteiger charge is 2.33. The van der Waals surface area contributed by atoms with Crippen LogP contribution in [0.25, 0.3) is 0 Å². The van der Waals surface area contributed by atoms with Gasteiger partial charge in [-0.1, -0.05) is 0 Å². The average molecular weight is 361 g/mol. The molecule has 2 rings (SSSR count). The Balaban J connectivity index is 0.00000264. The molecule has 6 heteroatoms. The van der Waals surface area contributed by atoms with Gasteiger partial charge in [0.05, 0.1) is 4.90 Å². The molecule has 0 saturated carbocycles. The minimum atomic E-state index is -3.45. The van der Waals surface area contributed by atoms with Gasteiger partial charge in [0.25, 0.3) is 0 Å². The van der Waals surface area contributed by atoms with Crippen LogP contribution in [0.1, 0.15) is 40.7 Å². The minimum absolute atomic E-state index is 0. The molecule has 1 aliphatic heterocycles. The Morgan fingerprint density at radius 2 is 1.48 bits per heavy atom. The Morgan fingerprint density at radius 1 is 1.00 bits per heavy atom. The summed E-state index contributed by atoms with van der Waals surface area (Å²) in [4.78, 5) is 0.505. The van der Waals surface area contributed by atoms with Crippen LogP contribution in [0.2, 0.25) is 0 Å². The van der Waals surface area contributed by atoms with Gasteiger partial charge in [-0.15, -0.1) is 12.4 Å². The molecule has 1 atom stereocenters. The van der Waals surface area contributed by atoms with E-state index in [4.69, 9.17) is 5.73 Å². The van der Waals surface area contributed by atoms with Gasteiger partial charge in [-0.2, -0.15) is 4.31 Å². The normalized spacial score (nSPS) is 19.5. The number of hydrogen-bond acceptors (Lipinski definition) is 3. The zero-order chi connectivity index (χ0) is 16.7. The lowest BCUT2D eigenvalue weighted by Crippen LogP contribution is -2.42. The van der Waals surface area contributed by atoms with Crippen molar-refractivity contribution in [2.45, 2.75) is 52.4 Å². The van der Waals surface area contributed by atoms with Crippen LogP contribution in [0, 0.1) is 40.5 Å². The number of nitrogens with zero attached hydrogens (tertiary/aromatic N) is 1. The third kappa shape index (κ3) is 3.58. The number of halogens is 1. The zero-order valence-corrected chi connectivity index (χ0v) is 16.4. The van der Waals surface area contributed by atoms with Gasteiger partial charge in [0.15, 0.2) is 0 Å². The number of piperidine rings is 1. The summed E-state index contributed by atoms with van der Waals surface area (Å²) in [5.74, 6) is 0.275. The number of nitrogens with two attached hydrogens (primary N) is 1. The maximum atomic E-state index is 13.2. The Morgan fingerprint density at radius 3 is 1.96 bits per heavy atom. The Labute approximate surface area is 146 Å².